The Morgan fingerprint density at radius 1 is 0.270 bits per heavy atom. The van der Waals surface area contributed by atoms with Gasteiger partial charge in [-0.2, -0.15) is 0 Å². The van der Waals surface area contributed by atoms with Gasteiger partial charge >= 0.3 is 0 Å². The lowest BCUT2D eigenvalue weighted by atomic mass is 9.93. The van der Waals surface area contributed by atoms with Crippen molar-refractivity contribution in [1.29, 1.82) is 0 Å². The van der Waals surface area contributed by atoms with Gasteiger partial charge in [0.05, 0.1) is 11.0 Å². The number of hydrogen-bond donors (Lipinski definition) is 2. The Hall–Kier alpha value is -8.40. The maximum Gasteiger partial charge on any atom is 0.0620 e. The second-order valence-electron chi connectivity index (χ2n) is 15.9. The zero-order valence-electron chi connectivity index (χ0n) is 34.6. The van der Waals surface area contributed by atoms with Crippen molar-refractivity contribution in [2.24, 2.45) is 0 Å². The van der Waals surface area contributed by atoms with Gasteiger partial charge in [-0.05, 0) is 106 Å². The molecule has 0 aliphatic heterocycles. The number of aromatic nitrogens is 1. The Kier molecular flexibility index (Phi) is 9.89. The molecule has 0 fully saturated rings. The topological polar surface area (TPSA) is 29.0 Å². The summed E-state index contributed by atoms with van der Waals surface area (Å²) in [7, 11) is 0. The first-order valence-corrected chi connectivity index (χ1v) is 21.5. The number of nitrogens with one attached hydrogen (secondary N) is 2. The highest BCUT2D eigenvalue weighted by atomic mass is 15.0. The summed E-state index contributed by atoms with van der Waals surface area (Å²) >= 11 is 0. The second-order valence-corrected chi connectivity index (χ2v) is 15.9. The average Bonchev–Trinajstić information content (AvgIpc) is 3.70. The van der Waals surface area contributed by atoms with E-state index in [1.807, 2.05) is 0 Å². The minimum absolute atomic E-state index is 1.03. The third-order valence-corrected chi connectivity index (χ3v) is 12.0. The van der Waals surface area contributed by atoms with Crippen LogP contribution in [0.4, 0.5) is 22.7 Å². The summed E-state index contributed by atoms with van der Waals surface area (Å²) < 4.78 is 2.42. The van der Waals surface area contributed by atoms with Crippen molar-refractivity contribution >= 4 is 44.6 Å². The lowest BCUT2D eigenvalue weighted by Crippen LogP contribution is -1.98. The van der Waals surface area contributed by atoms with Crippen molar-refractivity contribution in [3.63, 3.8) is 0 Å². The van der Waals surface area contributed by atoms with Gasteiger partial charge < -0.3 is 15.2 Å². The fraction of sp³-hybridized carbons (Fsp3) is 0. The molecule has 3 heteroatoms. The van der Waals surface area contributed by atoms with Crippen LogP contribution in [0.15, 0.2) is 249 Å². The Morgan fingerprint density at radius 3 is 1.32 bits per heavy atom. The van der Waals surface area contributed by atoms with E-state index in [1.165, 1.54) is 44.1 Å². The summed E-state index contributed by atoms with van der Waals surface area (Å²) in [5.41, 5.74) is 19.1. The summed E-state index contributed by atoms with van der Waals surface area (Å²) in [6.45, 7) is 0. The van der Waals surface area contributed by atoms with Gasteiger partial charge in [-0.3, -0.25) is 0 Å². The first-order chi connectivity index (χ1) is 31.2. The van der Waals surface area contributed by atoms with Gasteiger partial charge in [0, 0.05) is 55.9 Å². The Morgan fingerprint density at radius 2 is 0.714 bits per heavy atom. The van der Waals surface area contributed by atoms with Crippen molar-refractivity contribution in [3.05, 3.63) is 249 Å². The molecule has 3 nitrogen and oxygen atoms in total. The van der Waals surface area contributed by atoms with Gasteiger partial charge in [-0.25, -0.2) is 0 Å². The van der Waals surface area contributed by atoms with E-state index < -0.39 is 0 Å². The molecule has 298 valence electrons. The van der Waals surface area contributed by atoms with Gasteiger partial charge in [-0.1, -0.05) is 182 Å². The fourth-order valence-electron chi connectivity index (χ4n) is 8.95. The van der Waals surface area contributed by atoms with Gasteiger partial charge in [-0.15, -0.1) is 0 Å². The van der Waals surface area contributed by atoms with Crippen molar-refractivity contribution < 1.29 is 0 Å². The lowest BCUT2D eigenvalue weighted by molar-refractivity contribution is 1.18. The lowest BCUT2D eigenvalue weighted by Gasteiger charge is -2.19. The highest BCUT2D eigenvalue weighted by Gasteiger charge is 2.19. The summed E-state index contributed by atoms with van der Waals surface area (Å²) in [4.78, 5) is 0. The van der Waals surface area contributed by atoms with E-state index in [-0.39, 0.29) is 0 Å². The first kappa shape index (κ1) is 37.6. The van der Waals surface area contributed by atoms with Crippen molar-refractivity contribution in [2.45, 2.75) is 0 Å². The molecule has 11 aromatic rings. The molecule has 0 aliphatic rings. The van der Waals surface area contributed by atoms with Crippen LogP contribution in [0.1, 0.15) is 0 Å². The van der Waals surface area contributed by atoms with Crippen LogP contribution in [0, 0.1) is 0 Å². The van der Waals surface area contributed by atoms with Crippen LogP contribution in [0.5, 0.6) is 0 Å². The number of fused-ring (bicyclic) bond motifs is 3. The Labute approximate surface area is 368 Å². The molecule has 0 saturated heterocycles. The second kappa shape index (κ2) is 16.6. The van der Waals surface area contributed by atoms with E-state index >= 15 is 0 Å². The summed E-state index contributed by atoms with van der Waals surface area (Å²) in [5, 5.41) is 10.1. The molecule has 0 radical (unpaired) electrons. The maximum absolute atomic E-state index is 3.89. The van der Waals surface area contributed by atoms with E-state index in [0.29, 0.717) is 0 Å². The van der Waals surface area contributed by atoms with E-state index in [1.54, 1.807) is 0 Å². The van der Waals surface area contributed by atoms with Crippen LogP contribution in [0.25, 0.3) is 83.1 Å². The summed E-state index contributed by atoms with van der Waals surface area (Å²) in [6.07, 6.45) is 0. The van der Waals surface area contributed by atoms with Crippen molar-refractivity contribution in [1.82, 2.24) is 4.57 Å². The molecular formula is C60H43N3. The van der Waals surface area contributed by atoms with Crippen LogP contribution in [0.2, 0.25) is 0 Å². The van der Waals surface area contributed by atoms with E-state index in [0.717, 1.165) is 61.8 Å². The molecular weight excluding hydrogens is 763 g/mol. The quantitative estimate of drug-likeness (QED) is 0.144. The number of anilines is 4. The molecule has 0 bridgehead atoms. The number of para-hydroxylation sites is 3. The minimum Gasteiger partial charge on any atom is -0.355 e. The molecule has 0 atom stereocenters. The number of benzene rings is 10. The Balaban J connectivity index is 1.08. The largest absolute Gasteiger partial charge is 0.355 e. The smallest absolute Gasteiger partial charge is 0.0620 e. The molecule has 11 rings (SSSR count). The maximum atomic E-state index is 3.89. The monoisotopic (exact) mass is 805 g/mol. The van der Waals surface area contributed by atoms with Crippen LogP contribution in [-0.2, 0) is 0 Å². The molecule has 1 aromatic heterocycles. The molecule has 0 unspecified atom stereocenters. The molecule has 0 saturated carbocycles. The molecule has 10 aromatic carbocycles. The standard InChI is InChI=1S/C60H43N3/c1-5-18-42(19-6-1)45-24-15-26-49(38-45)61-57-36-34-47(40-55(57)44-22-9-3-10-23-44)48-35-37-58(62-50-27-16-25-46(39-50)43-20-7-2-8-21-43)56(41-48)54-32-17-31-53-52-30-13-14-33-59(52)63(60(53)54)51-28-11-4-12-29-51/h1-41,61-62H. The van der Waals surface area contributed by atoms with Crippen LogP contribution < -0.4 is 10.6 Å². The molecule has 1 heterocycles. The molecule has 0 spiro atoms. The van der Waals surface area contributed by atoms with Gasteiger partial charge in [0.1, 0.15) is 0 Å². The van der Waals surface area contributed by atoms with Gasteiger partial charge in [0.15, 0.2) is 0 Å². The molecule has 0 aliphatic carbocycles. The van der Waals surface area contributed by atoms with E-state index in [9.17, 15) is 0 Å². The van der Waals surface area contributed by atoms with Crippen molar-refractivity contribution in [3.8, 4) is 61.3 Å². The predicted octanol–water partition coefficient (Wildman–Crippen LogP) is 16.6. The fourth-order valence-corrected chi connectivity index (χ4v) is 8.95. The van der Waals surface area contributed by atoms with Gasteiger partial charge in [0.2, 0.25) is 0 Å². The van der Waals surface area contributed by atoms with Crippen LogP contribution in [-0.4, -0.2) is 4.57 Å². The minimum atomic E-state index is 1.03. The highest BCUT2D eigenvalue weighted by molar-refractivity contribution is 6.14. The average molecular weight is 806 g/mol. The SMILES string of the molecule is c1ccc(-c2cccc(Nc3ccc(-c4ccc(Nc5cccc(-c6ccccc6)c5)c(-c5cccc6c7ccccc7n(-c7ccccc7)c56)c4)cc3-c3ccccc3)c2)cc1. The van der Waals surface area contributed by atoms with Crippen LogP contribution >= 0.6 is 0 Å². The normalized spacial score (nSPS) is 11.2. The predicted molar refractivity (Wildman–Crippen MR) is 267 cm³/mol. The molecule has 63 heavy (non-hydrogen) atoms. The first-order valence-electron chi connectivity index (χ1n) is 21.5. The zero-order chi connectivity index (χ0) is 42.0. The zero-order valence-corrected chi connectivity index (χ0v) is 34.6. The summed E-state index contributed by atoms with van der Waals surface area (Å²) in [5.74, 6) is 0. The van der Waals surface area contributed by atoms with E-state index in [4.69, 9.17) is 0 Å². The van der Waals surface area contributed by atoms with Gasteiger partial charge in [0.25, 0.3) is 0 Å². The highest BCUT2D eigenvalue weighted by Crippen LogP contribution is 2.44. The molecule has 2 N–H and O–H groups in total. The van der Waals surface area contributed by atoms with Crippen LogP contribution in [0.3, 0.4) is 0 Å². The van der Waals surface area contributed by atoms with Crippen molar-refractivity contribution in [2.75, 3.05) is 10.6 Å². The van der Waals surface area contributed by atoms with E-state index in [2.05, 4.69) is 264 Å². The third kappa shape index (κ3) is 7.43. The number of hydrogen-bond acceptors (Lipinski definition) is 2. The third-order valence-electron chi connectivity index (χ3n) is 12.0. The molecule has 0 amide bonds. The summed E-state index contributed by atoms with van der Waals surface area (Å²) in [6, 6.07) is 89.0. The number of rotatable bonds is 10. The number of nitrogens with zero attached hydrogens (tertiary/aromatic N) is 1. The Bertz CT molecular complexity index is 3370.